The Morgan fingerprint density at radius 1 is 1.15 bits per heavy atom. The van der Waals surface area contributed by atoms with Crippen LogP contribution in [0, 0.1) is 6.92 Å². The first-order valence-corrected chi connectivity index (χ1v) is 11.7. The van der Waals surface area contributed by atoms with E-state index in [0.717, 1.165) is 38.5 Å². The van der Waals surface area contributed by atoms with E-state index in [0.29, 0.717) is 30.2 Å². The van der Waals surface area contributed by atoms with Gasteiger partial charge in [-0.05, 0) is 63.3 Å². The number of likely N-dealkylation sites (N-methyl/N-ethyl adjacent to an activating group) is 1. The number of thiophene rings is 1. The number of benzene rings is 1. The van der Waals surface area contributed by atoms with E-state index in [2.05, 4.69) is 27.1 Å². The number of rotatable bonds is 9. The largest absolute Gasteiger partial charge is 0.492 e. The van der Waals surface area contributed by atoms with Gasteiger partial charge in [-0.25, -0.2) is 9.97 Å². The van der Waals surface area contributed by atoms with Crippen molar-refractivity contribution >= 4 is 39.2 Å². The van der Waals surface area contributed by atoms with Crippen LogP contribution in [-0.2, 0) is 16.0 Å². The number of nitrogens with zero attached hydrogens (tertiary/aromatic N) is 3. The van der Waals surface area contributed by atoms with Crippen molar-refractivity contribution in [3.05, 3.63) is 59.6 Å². The molecule has 176 valence electrons. The summed E-state index contributed by atoms with van der Waals surface area (Å²) in [5.41, 5.74) is 2.58. The number of carbonyl (C=O) groups is 2. The lowest BCUT2D eigenvalue weighted by molar-refractivity contribution is -0.124. The highest BCUT2D eigenvalue weighted by molar-refractivity contribution is 7.22. The SMILES string of the molecule is C=CCc1nc(NC2=C(C)C(=O)NC2=O)c2c(C)c(-c3ccc(OCCN(C)C)cc3)sc2n1. The number of hydrogen-bond acceptors (Lipinski definition) is 8. The smallest absolute Gasteiger partial charge is 0.275 e. The van der Waals surface area contributed by atoms with Crippen molar-refractivity contribution in [3.8, 4) is 16.2 Å². The number of ether oxygens (including phenoxy) is 1. The number of carbonyl (C=O) groups excluding carboxylic acids is 2. The van der Waals surface area contributed by atoms with Crippen LogP contribution in [0.1, 0.15) is 18.3 Å². The minimum atomic E-state index is -0.461. The maximum atomic E-state index is 12.3. The summed E-state index contributed by atoms with van der Waals surface area (Å²) in [6, 6.07) is 7.99. The van der Waals surface area contributed by atoms with Crippen LogP contribution >= 0.6 is 11.3 Å². The minimum absolute atomic E-state index is 0.209. The molecule has 4 rings (SSSR count). The summed E-state index contributed by atoms with van der Waals surface area (Å²) < 4.78 is 5.81. The quantitative estimate of drug-likeness (QED) is 0.358. The van der Waals surface area contributed by atoms with Crippen LogP contribution in [-0.4, -0.2) is 53.9 Å². The Morgan fingerprint density at radius 2 is 1.88 bits per heavy atom. The zero-order chi connectivity index (χ0) is 24.4. The molecule has 1 aromatic carbocycles. The molecule has 3 heterocycles. The molecule has 0 spiro atoms. The van der Waals surface area contributed by atoms with E-state index in [1.54, 1.807) is 24.3 Å². The molecule has 2 amide bonds. The van der Waals surface area contributed by atoms with Gasteiger partial charge in [0.1, 0.15) is 34.5 Å². The molecule has 34 heavy (non-hydrogen) atoms. The van der Waals surface area contributed by atoms with Gasteiger partial charge in [-0.2, -0.15) is 0 Å². The monoisotopic (exact) mass is 477 g/mol. The molecule has 2 aromatic heterocycles. The molecule has 0 atom stereocenters. The van der Waals surface area contributed by atoms with Gasteiger partial charge in [-0.15, -0.1) is 17.9 Å². The Bertz CT molecular complexity index is 1310. The van der Waals surface area contributed by atoms with E-state index in [1.807, 2.05) is 45.3 Å². The van der Waals surface area contributed by atoms with Crippen LogP contribution in [0.25, 0.3) is 20.7 Å². The van der Waals surface area contributed by atoms with Crippen molar-refractivity contribution in [2.24, 2.45) is 0 Å². The molecule has 0 bridgehead atoms. The van der Waals surface area contributed by atoms with E-state index in [4.69, 9.17) is 9.72 Å². The third kappa shape index (κ3) is 4.71. The van der Waals surface area contributed by atoms with Gasteiger partial charge < -0.3 is 15.0 Å². The number of nitrogens with one attached hydrogen (secondary N) is 2. The normalized spacial score (nSPS) is 13.7. The Hall–Kier alpha value is -3.56. The third-order valence-corrected chi connectivity index (χ3v) is 6.73. The lowest BCUT2D eigenvalue weighted by Gasteiger charge is -2.11. The molecule has 9 heteroatoms. The summed E-state index contributed by atoms with van der Waals surface area (Å²) in [5, 5.41) is 6.24. The zero-order valence-electron chi connectivity index (χ0n) is 19.7. The van der Waals surface area contributed by atoms with Crippen molar-refractivity contribution < 1.29 is 14.3 Å². The van der Waals surface area contributed by atoms with Crippen LogP contribution in [0.5, 0.6) is 5.75 Å². The molecule has 8 nitrogen and oxygen atoms in total. The number of amides is 2. The molecule has 0 fully saturated rings. The zero-order valence-corrected chi connectivity index (χ0v) is 20.5. The molecule has 1 aliphatic rings. The van der Waals surface area contributed by atoms with Crippen molar-refractivity contribution in [2.75, 3.05) is 32.6 Å². The van der Waals surface area contributed by atoms with Gasteiger partial charge >= 0.3 is 0 Å². The van der Waals surface area contributed by atoms with E-state index >= 15 is 0 Å². The van der Waals surface area contributed by atoms with Gasteiger partial charge in [0.05, 0.1) is 5.39 Å². The molecule has 0 saturated heterocycles. The van der Waals surface area contributed by atoms with Crippen molar-refractivity contribution in [3.63, 3.8) is 0 Å². The summed E-state index contributed by atoms with van der Waals surface area (Å²) in [7, 11) is 4.02. The van der Waals surface area contributed by atoms with Crippen LogP contribution < -0.4 is 15.4 Å². The maximum Gasteiger partial charge on any atom is 0.275 e. The summed E-state index contributed by atoms with van der Waals surface area (Å²) in [6.07, 6.45) is 2.22. The van der Waals surface area contributed by atoms with E-state index in [1.165, 1.54) is 0 Å². The fraction of sp³-hybridized carbons (Fsp3) is 0.280. The highest BCUT2D eigenvalue weighted by Crippen LogP contribution is 2.41. The van der Waals surface area contributed by atoms with Crippen LogP contribution in [0.4, 0.5) is 5.82 Å². The molecule has 0 saturated carbocycles. The highest BCUT2D eigenvalue weighted by atomic mass is 32.1. The van der Waals surface area contributed by atoms with E-state index < -0.39 is 11.8 Å². The van der Waals surface area contributed by atoms with Crippen LogP contribution in [0.15, 0.2) is 48.2 Å². The Morgan fingerprint density at radius 3 is 2.50 bits per heavy atom. The second-order valence-corrected chi connectivity index (χ2v) is 9.30. The number of allylic oxidation sites excluding steroid dienone is 1. The van der Waals surface area contributed by atoms with Crippen LogP contribution in [0.3, 0.4) is 0 Å². The summed E-state index contributed by atoms with van der Waals surface area (Å²) >= 11 is 1.56. The number of anilines is 1. The predicted octanol–water partition coefficient (Wildman–Crippen LogP) is 3.68. The van der Waals surface area contributed by atoms with Gasteiger partial charge in [-0.1, -0.05) is 6.08 Å². The molecular weight excluding hydrogens is 450 g/mol. The molecule has 2 N–H and O–H groups in total. The highest BCUT2D eigenvalue weighted by Gasteiger charge is 2.28. The Labute approximate surface area is 202 Å². The summed E-state index contributed by atoms with van der Waals surface area (Å²) in [6.45, 7) is 8.87. The average molecular weight is 478 g/mol. The first-order valence-electron chi connectivity index (χ1n) is 10.9. The van der Waals surface area contributed by atoms with Crippen molar-refractivity contribution in [2.45, 2.75) is 20.3 Å². The van der Waals surface area contributed by atoms with E-state index in [-0.39, 0.29) is 5.70 Å². The standard InChI is InChI=1S/C25H27N5O3S/c1-6-7-18-26-22(28-20-15(3)23(31)29-24(20)32)19-14(2)21(34-25(19)27-18)16-8-10-17(11-9-16)33-13-12-30(4)5/h6,8-11H,1,7,12-13H2,2-5H3,(H2,26,27,28,29,31,32). The van der Waals surface area contributed by atoms with Crippen molar-refractivity contribution in [1.29, 1.82) is 0 Å². The maximum absolute atomic E-state index is 12.3. The second kappa shape index (κ2) is 9.74. The first kappa shape index (κ1) is 23.6. The molecule has 3 aromatic rings. The lowest BCUT2D eigenvalue weighted by atomic mass is 10.1. The number of fused-ring (bicyclic) bond motifs is 1. The summed E-state index contributed by atoms with van der Waals surface area (Å²) in [5.74, 6) is 1.05. The molecule has 0 aliphatic carbocycles. The Kier molecular flexibility index (Phi) is 6.76. The second-order valence-electron chi connectivity index (χ2n) is 8.30. The van der Waals surface area contributed by atoms with Gasteiger partial charge in [-0.3, -0.25) is 14.9 Å². The fourth-order valence-electron chi connectivity index (χ4n) is 3.63. The van der Waals surface area contributed by atoms with E-state index in [9.17, 15) is 9.59 Å². The van der Waals surface area contributed by atoms with Crippen molar-refractivity contribution in [1.82, 2.24) is 20.2 Å². The van der Waals surface area contributed by atoms with Crippen LogP contribution in [0.2, 0.25) is 0 Å². The number of aromatic nitrogens is 2. The van der Waals surface area contributed by atoms with Gasteiger partial charge in [0.15, 0.2) is 0 Å². The predicted molar refractivity (Wildman–Crippen MR) is 135 cm³/mol. The number of imide groups is 1. The fourth-order valence-corrected chi connectivity index (χ4v) is 4.84. The average Bonchev–Trinajstić information content (AvgIpc) is 3.25. The molecular formula is C25H27N5O3S. The molecule has 1 aliphatic heterocycles. The lowest BCUT2D eigenvalue weighted by Crippen LogP contribution is -2.24. The first-order chi connectivity index (χ1) is 16.3. The number of hydrogen-bond donors (Lipinski definition) is 2. The molecule has 0 unspecified atom stereocenters. The Balaban J connectivity index is 1.72. The molecule has 0 radical (unpaired) electrons. The van der Waals surface area contributed by atoms with Gasteiger partial charge in [0.25, 0.3) is 11.8 Å². The third-order valence-electron chi connectivity index (χ3n) is 5.50. The van der Waals surface area contributed by atoms with Gasteiger partial charge in [0.2, 0.25) is 0 Å². The minimum Gasteiger partial charge on any atom is -0.492 e. The number of aryl methyl sites for hydroxylation is 1. The topological polar surface area (TPSA) is 96.5 Å². The summed E-state index contributed by atoms with van der Waals surface area (Å²) in [4.78, 5) is 37.5. The van der Waals surface area contributed by atoms with Gasteiger partial charge in [0, 0.05) is 23.4 Å².